The van der Waals surface area contributed by atoms with Crippen molar-refractivity contribution >= 4 is 11.8 Å². The molecule has 2 N–H and O–H groups in total. The molecule has 1 aliphatic rings. The molecule has 1 aromatic carbocycles. The minimum absolute atomic E-state index is 0.370. The van der Waals surface area contributed by atoms with Crippen LogP contribution in [0.15, 0.2) is 24.3 Å². The highest BCUT2D eigenvalue weighted by Crippen LogP contribution is 2.31. The van der Waals surface area contributed by atoms with Crippen molar-refractivity contribution in [3.63, 3.8) is 0 Å². The van der Waals surface area contributed by atoms with Crippen molar-refractivity contribution in [2.24, 2.45) is 5.73 Å². The second-order valence-corrected chi connectivity index (χ2v) is 6.21. The fourth-order valence-electron chi connectivity index (χ4n) is 2.12. The molecule has 0 amide bonds. The molecule has 0 aliphatic carbocycles. The lowest BCUT2D eigenvalue weighted by atomic mass is 10.1. The van der Waals surface area contributed by atoms with Gasteiger partial charge in [0.05, 0.1) is 5.56 Å². The molecule has 20 heavy (non-hydrogen) atoms. The zero-order valence-corrected chi connectivity index (χ0v) is 11.8. The van der Waals surface area contributed by atoms with Crippen molar-refractivity contribution < 1.29 is 17.9 Å². The smallest absolute Gasteiger partial charge is 0.381 e. The zero-order valence-electron chi connectivity index (χ0n) is 11.0. The third-order valence-corrected chi connectivity index (χ3v) is 4.82. The van der Waals surface area contributed by atoms with Gasteiger partial charge < -0.3 is 10.5 Å². The predicted molar refractivity (Wildman–Crippen MR) is 74.7 cm³/mol. The summed E-state index contributed by atoms with van der Waals surface area (Å²) in [5.41, 5.74) is 5.91. The molecule has 2 rings (SSSR count). The molecule has 0 saturated carbocycles. The molecule has 1 fully saturated rings. The van der Waals surface area contributed by atoms with Crippen LogP contribution in [-0.4, -0.2) is 24.2 Å². The van der Waals surface area contributed by atoms with E-state index in [1.165, 1.54) is 6.07 Å². The number of halogens is 3. The van der Waals surface area contributed by atoms with Crippen LogP contribution in [0, 0.1) is 0 Å². The van der Waals surface area contributed by atoms with Crippen LogP contribution in [0.1, 0.15) is 30.0 Å². The lowest BCUT2D eigenvalue weighted by molar-refractivity contribution is -0.137. The van der Waals surface area contributed by atoms with Crippen molar-refractivity contribution in [2.45, 2.75) is 30.3 Å². The van der Waals surface area contributed by atoms with Gasteiger partial charge in [-0.1, -0.05) is 12.1 Å². The summed E-state index contributed by atoms with van der Waals surface area (Å²) in [7, 11) is 0. The Morgan fingerprint density at radius 3 is 2.65 bits per heavy atom. The predicted octanol–water partition coefficient (Wildman–Crippen LogP) is 3.62. The topological polar surface area (TPSA) is 35.2 Å². The monoisotopic (exact) mass is 305 g/mol. The second-order valence-electron chi connectivity index (χ2n) is 4.87. The van der Waals surface area contributed by atoms with E-state index in [-0.39, 0.29) is 6.04 Å². The molecule has 0 radical (unpaired) electrons. The first-order valence-electron chi connectivity index (χ1n) is 6.59. The Labute approximate surface area is 120 Å². The number of rotatable bonds is 4. The van der Waals surface area contributed by atoms with E-state index in [1.807, 2.05) is 0 Å². The van der Waals surface area contributed by atoms with E-state index in [0.717, 1.165) is 38.2 Å². The second kappa shape index (κ2) is 6.83. The van der Waals surface area contributed by atoms with Gasteiger partial charge >= 0.3 is 6.18 Å². The van der Waals surface area contributed by atoms with Gasteiger partial charge in [0, 0.05) is 30.3 Å². The van der Waals surface area contributed by atoms with Crippen molar-refractivity contribution in [2.75, 3.05) is 19.0 Å². The molecule has 1 unspecified atom stereocenters. The largest absolute Gasteiger partial charge is 0.416 e. The molecular weight excluding hydrogens is 287 g/mol. The molecule has 1 atom stereocenters. The SMILES string of the molecule is NC(CSC1CCOCC1)c1cccc(C(F)(F)F)c1. The lowest BCUT2D eigenvalue weighted by Crippen LogP contribution is -2.21. The molecule has 0 bridgehead atoms. The Hall–Kier alpha value is -0.720. The first kappa shape index (κ1) is 15.7. The molecular formula is C14H18F3NOS. The summed E-state index contributed by atoms with van der Waals surface area (Å²) in [6.07, 6.45) is -2.34. The number of nitrogens with two attached hydrogens (primary N) is 1. The average Bonchev–Trinajstić information content (AvgIpc) is 2.45. The molecule has 1 aliphatic heterocycles. The van der Waals surface area contributed by atoms with Crippen molar-refractivity contribution in [1.29, 1.82) is 0 Å². The van der Waals surface area contributed by atoms with Crippen LogP contribution in [0.2, 0.25) is 0 Å². The number of ether oxygens (including phenoxy) is 1. The highest BCUT2D eigenvalue weighted by Gasteiger charge is 2.30. The standard InChI is InChI=1S/C14H18F3NOS/c15-14(16,17)11-3-1-2-10(8-11)13(18)9-20-12-4-6-19-7-5-12/h1-3,8,12-13H,4-7,9,18H2. The Morgan fingerprint density at radius 1 is 1.30 bits per heavy atom. The molecule has 0 spiro atoms. The maximum atomic E-state index is 12.6. The Morgan fingerprint density at radius 2 is 2.00 bits per heavy atom. The summed E-state index contributed by atoms with van der Waals surface area (Å²) in [4.78, 5) is 0. The van der Waals surface area contributed by atoms with E-state index < -0.39 is 11.7 Å². The zero-order chi connectivity index (χ0) is 14.6. The molecule has 1 aromatic rings. The Kier molecular flexibility index (Phi) is 5.35. The van der Waals surface area contributed by atoms with Gasteiger partial charge in [-0.25, -0.2) is 0 Å². The summed E-state index contributed by atoms with van der Waals surface area (Å²) in [6.45, 7) is 1.52. The van der Waals surface area contributed by atoms with Crippen molar-refractivity contribution in [3.05, 3.63) is 35.4 Å². The van der Waals surface area contributed by atoms with E-state index >= 15 is 0 Å². The maximum Gasteiger partial charge on any atom is 0.416 e. The number of hydrogen-bond donors (Lipinski definition) is 1. The number of hydrogen-bond acceptors (Lipinski definition) is 3. The average molecular weight is 305 g/mol. The molecule has 0 aromatic heterocycles. The third-order valence-electron chi connectivity index (χ3n) is 3.32. The van der Waals surface area contributed by atoms with Gasteiger partial charge in [0.2, 0.25) is 0 Å². The summed E-state index contributed by atoms with van der Waals surface area (Å²) >= 11 is 1.73. The van der Waals surface area contributed by atoms with Gasteiger partial charge in [-0.3, -0.25) is 0 Å². The van der Waals surface area contributed by atoms with Crippen LogP contribution < -0.4 is 5.73 Å². The fraction of sp³-hybridized carbons (Fsp3) is 0.571. The van der Waals surface area contributed by atoms with Crippen molar-refractivity contribution in [3.8, 4) is 0 Å². The third kappa shape index (κ3) is 4.40. The van der Waals surface area contributed by atoms with E-state index in [2.05, 4.69) is 0 Å². The minimum atomic E-state index is -4.32. The number of benzene rings is 1. The van der Waals surface area contributed by atoms with Gasteiger partial charge in [-0.15, -0.1) is 0 Å². The van der Waals surface area contributed by atoms with Gasteiger partial charge in [-0.05, 0) is 30.5 Å². The number of alkyl halides is 3. The van der Waals surface area contributed by atoms with Gasteiger partial charge in [-0.2, -0.15) is 24.9 Å². The molecule has 1 saturated heterocycles. The highest BCUT2D eigenvalue weighted by atomic mass is 32.2. The van der Waals surface area contributed by atoms with Gasteiger partial charge in [0.1, 0.15) is 0 Å². The first-order valence-corrected chi connectivity index (χ1v) is 7.64. The summed E-state index contributed by atoms with van der Waals surface area (Å²) < 4.78 is 43.2. The van der Waals surface area contributed by atoms with Gasteiger partial charge in [0.25, 0.3) is 0 Å². The number of thioether (sulfide) groups is 1. The lowest BCUT2D eigenvalue weighted by Gasteiger charge is -2.23. The van der Waals surface area contributed by atoms with Crippen LogP contribution in [0.3, 0.4) is 0 Å². The fourth-order valence-corrected chi connectivity index (χ4v) is 3.32. The normalized spacial score (nSPS) is 19.0. The summed E-state index contributed by atoms with van der Waals surface area (Å²) in [5, 5.41) is 0.501. The Balaban J connectivity index is 1.93. The molecule has 112 valence electrons. The summed E-state index contributed by atoms with van der Waals surface area (Å²) in [5.74, 6) is 0.631. The quantitative estimate of drug-likeness (QED) is 0.923. The van der Waals surface area contributed by atoms with Gasteiger partial charge in [0.15, 0.2) is 0 Å². The molecule has 2 nitrogen and oxygen atoms in total. The van der Waals surface area contributed by atoms with E-state index in [4.69, 9.17) is 10.5 Å². The van der Waals surface area contributed by atoms with E-state index in [9.17, 15) is 13.2 Å². The van der Waals surface area contributed by atoms with Crippen LogP contribution in [0.4, 0.5) is 13.2 Å². The first-order chi connectivity index (χ1) is 9.47. The van der Waals surface area contributed by atoms with Crippen molar-refractivity contribution in [1.82, 2.24) is 0 Å². The maximum absolute atomic E-state index is 12.6. The van der Waals surface area contributed by atoms with Crippen LogP contribution in [-0.2, 0) is 10.9 Å². The molecule has 6 heteroatoms. The minimum Gasteiger partial charge on any atom is -0.381 e. The summed E-state index contributed by atoms with van der Waals surface area (Å²) in [6, 6.07) is 4.92. The highest BCUT2D eigenvalue weighted by molar-refractivity contribution is 7.99. The van der Waals surface area contributed by atoms with Crippen LogP contribution in [0.5, 0.6) is 0 Å². The van der Waals surface area contributed by atoms with E-state index in [1.54, 1.807) is 17.8 Å². The Bertz CT molecular complexity index is 433. The van der Waals surface area contributed by atoms with Crippen LogP contribution >= 0.6 is 11.8 Å². The van der Waals surface area contributed by atoms with E-state index in [0.29, 0.717) is 16.6 Å². The van der Waals surface area contributed by atoms with Crippen LogP contribution in [0.25, 0.3) is 0 Å². The molecule has 1 heterocycles.